The third kappa shape index (κ3) is 5.47. The molecule has 1 aromatic heterocycles. The Bertz CT molecular complexity index is 1850. The van der Waals surface area contributed by atoms with Crippen LogP contribution in [0.2, 0.25) is 0 Å². The molecule has 0 fully saturated rings. The molecule has 0 spiro atoms. The van der Waals surface area contributed by atoms with E-state index < -0.39 is 6.04 Å². The smallest absolute Gasteiger partial charge is 0.271 e. The lowest BCUT2D eigenvalue weighted by atomic mass is 9.95. The number of hydrogen-bond donors (Lipinski definition) is 1. The normalized spacial score (nSPS) is 14.7. The number of carbonyl (C=O) groups is 1. The van der Waals surface area contributed by atoms with Gasteiger partial charge in [-0.05, 0) is 76.5 Å². The molecule has 4 aromatic rings. The average molecular weight is 616 g/mol. The molecular formula is C30H23BrN4O4S. The first-order valence-corrected chi connectivity index (χ1v) is 13.8. The number of hydrogen-bond acceptors (Lipinski definition) is 7. The minimum absolute atomic E-state index is 0.0691. The number of thiazole rings is 1. The van der Waals surface area contributed by atoms with Gasteiger partial charge in [0.25, 0.3) is 11.5 Å². The van der Waals surface area contributed by atoms with Gasteiger partial charge in [-0.15, -0.1) is 0 Å². The Hall–Kier alpha value is -4.46. The third-order valence-corrected chi connectivity index (χ3v) is 7.86. The Morgan fingerprint density at radius 1 is 1.18 bits per heavy atom. The van der Waals surface area contributed by atoms with Crippen LogP contribution in [0.1, 0.15) is 24.1 Å². The Labute approximate surface area is 242 Å². The van der Waals surface area contributed by atoms with E-state index in [1.165, 1.54) is 11.3 Å². The Morgan fingerprint density at radius 2 is 1.98 bits per heavy atom. The van der Waals surface area contributed by atoms with Gasteiger partial charge in [0.1, 0.15) is 17.6 Å². The third-order valence-electron chi connectivity index (χ3n) is 6.25. The van der Waals surface area contributed by atoms with Crippen molar-refractivity contribution in [2.24, 2.45) is 4.99 Å². The predicted octanol–water partition coefficient (Wildman–Crippen LogP) is 4.55. The molecule has 10 heteroatoms. The highest BCUT2D eigenvalue weighted by atomic mass is 79.9. The number of rotatable bonds is 7. The van der Waals surface area contributed by atoms with Crippen molar-refractivity contribution in [3.63, 3.8) is 0 Å². The number of nitriles is 1. The molecule has 3 aromatic carbocycles. The molecule has 0 unspecified atom stereocenters. The summed E-state index contributed by atoms with van der Waals surface area (Å²) in [7, 11) is 1.57. The SMILES string of the molecule is COc1cccc([C@H]2C(C(=O)Nc3ccccc3)=C(C)N=c3s/c(=C\c4ccc(OCC#N)c(Br)c4)c(=O)n32)c1. The fourth-order valence-electron chi connectivity index (χ4n) is 4.44. The van der Waals surface area contributed by atoms with Gasteiger partial charge in [-0.1, -0.05) is 47.7 Å². The quantitative estimate of drug-likeness (QED) is 0.329. The van der Waals surface area contributed by atoms with Gasteiger partial charge < -0.3 is 14.8 Å². The zero-order valence-corrected chi connectivity index (χ0v) is 24.0. The Kier molecular flexibility index (Phi) is 7.96. The number of para-hydroxylation sites is 1. The van der Waals surface area contributed by atoms with Crippen molar-refractivity contribution in [2.75, 3.05) is 19.0 Å². The van der Waals surface area contributed by atoms with E-state index in [2.05, 4.69) is 26.2 Å². The van der Waals surface area contributed by atoms with Crippen molar-refractivity contribution in [3.05, 3.63) is 119 Å². The number of nitrogens with one attached hydrogen (secondary N) is 1. The zero-order valence-electron chi connectivity index (χ0n) is 21.6. The van der Waals surface area contributed by atoms with Gasteiger partial charge in [0.2, 0.25) is 0 Å². The second kappa shape index (κ2) is 11.7. The molecule has 8 nitrogen and oxygen atoms in total. The van der Waals surface area contributed by atoms with E-state index in [1.807, 2.05) is 54.6 Å². The molecule has 0 radical (unpaired) electrons. The fraction of sp³-hybridized carbons (Fsp3) is 0.133. The average Bonchev–Trinajstić information content (AvgIpc) is 3.26. The first-order chi connectivity index (χ1) is 19.4. The number of allylic oxidation sites excluding steroid dienone is 1. The minimum Gasteiger partial charge on any atom is -0.497 e. The standard InChI is InChI=1S/C30H23BrN4O4S/c1-18-26(28(36)34-21-8-4-3-5-9-21)27(20-7-6-10-22(17-20)38-2)35-29(37)25(40-30(35)33-18)16-19-11-12-24(23(31)15-19)39-14-13-32/h3-12,15-17,27H,14H2,1-2H3,(H,34,36)/b25-16-/t27-/m0/s1. The molecule has 1 atom stereocenters. The fourth-order valence-corrected chi connectivity index (χ4v) is 6.00. The molecule has 1 aliphatic heterocycles. The zero-order chi connectivity index (χ0) is 28.2. The summed E-state index contributed by atoms with van der Waals surface area (Å²) in [6, 6.07) is 23.1. The molecule has 0 aliphatic carbocycles. The van der Waals surface area contributed by atoms with Crippen molar-refractivity contribution in [1.82, 2.24) is 4.57 Å². The molecule has 2 heterocycles. The van der Waals surface area contributed by atoms with E-state index in [-0.39, 0.29) is 18.1 Å². The van der Waals surface area contributed by atoms with Gasteiger partial charge >= 0.3 is 0 Å². The minimum atomic E-state index is -0.717. The number of halogens is 1. The second-order valence-corrected chi connectivity index (χ2v) is 10.7. The van der Waals surface area contributed by atoms with E-state index in [9.17, 15) is 9.59 Å². The first-order valence-electron chi connectivity index (χ1n) is 12.2. The van der Waals surface area contributed by atoms with Crippen LogP contribution >= 0.6 is 27.3 Å². The van der Waals surface area contributed by atoms with E-state index in [4.69, 9.17) is 14.7 Å². The first kappa shape index (κ1) is 27.1. The summed E-state index contributed by atoms with van der Waals surface area (Å²) < 4.78 is 13.5. The van der Waals surface area contributed by atoms with Crippen LogP contribution in [0.15, 0.2) is 98.3 Å². The molecule has 0 saturated carbocycles. The van der Waals surface area contributed by atoms with Gasteiger partial charge in [0, 0.05) is 5.69 Å². The van der Waals surface area contributed by atoms with Crippen molar-refractivity contribution < 1.29 is 14.3 Å². The van der Waals surface area contributed by atoms with Crippen molar-refractivity contribution in [3.8, 4) is 17.6 Å². The maximum absolute atomic E-state index is 13.9. The molecule has 0 saturated heterocycles. The number of carbonyl (C=O) groups excluding carboxylic acids is 1. The lowest BCUT2D eigenvalue weighted by Crippen LogP contribution is -2.40. The topological polar surface area (TPSA) is 106 Å². The van der Waals surface area contributed by atoms with Crippen LogP contribution in [0, 0.1) is 11.3 Å². The molecule has 40 heavy (non-hydrogen) atoms. The molecule has 5 rings (SSSR count). The summed E-state index contributed by atoms with van der Waals surface area (Å²) in [5, 5.41) is 11.7. The largest absolute Gasteiger partial charge is 0.497 e. The van der Waals surface area contributed by atoms with Crippen LogP contribution < -0.4 is 29.7 Å². The van der Waals surface area contributed by atoms with E-state index in [0.29, 0.717) is 42.3 Å². The summed E-state index contributed by atoms with van der Waals surface area (Å²) in [5.41, 5.74) is 2.75. The van der Waals surface area contributed by atoms with Gasteiger partial charge in [0.15, 0.2) is 11.4 Å². The predicted molar refractivity (Wildman–Crippen MR) is 157 cm³/mol. The number of methoxy groups -OCH3 is 1. The number of fused-ring (bicyclic) bond motifs is 1. The second-order valence-electron chi connectivity index (χ2n) is 8.82. The number of ether oxygens (including phenoxy) is 2. The summed E-state index contributed by atoms with van der Waals surface area (Å²) in [6.07, 6.45) is 1.77. The summed E-state index contributed by atoms with van der Waals surface area (Å²) in [4.78, 5) is 32.7. The summed E-state index contributed by atoms with van der Waals surface area (Å²) in [5.74, 6) is 0.801. The highest BCUT2D eigenvalue weighted by molar-refractivity contribution is 9.10. The maximum atomic E-state index is 13.9. The van der Waals surface area contributed by atoms with Crippen molar-refractivity contribution in [2.45, 2.75) is 13.0 Å². The number of benzene rings is 3. The van der Waals surface area contributed by atoms with Crippen LogP contribution in [0.3, 0.4) is 0 Å². The Balaban J connectivity index is 1.63. The summed E-state index contributed by atoms with van der Waals surface area (Å²) in [6.45, 7) is 1.71. The molecular weight excluding hydrogens is 592 g/mol. The molecule has 1 amide bonds. The lowest BCUT2D eigenvalue weighted by Gasteiger charge is -2.25. The maximum Gasteiger partial charge on any atom is 0.271 e. The van der Waals surface area contributed by atoms with Crippen LogP contribution in [-0.2, 0) is 4.79 Å². The van der Waals surface area contributed by atoms with Gasteiger partial charge in [-0.2, -0.15) is 5.26 Å². The van der Waals surface area contributed by atoms with Crippen LogP contribution in [0.5, 0.6) is 11.5 Å². The van der Waals surface area contributed by atoms with Crippen molar-refractivity contribution in [1.29, 1.82) is 5.26 Å². The molecule has 1 aliphatic rings. The lowest BCUT2D eigenvalue weighted by molar-refractivity contribution is -0.113. The molecule has 1 N–H and O–H groups in total. The number of aromatic nitrogens is 1. The molecule has 0 bridgehead atoms. The van der Waals surface area contributed by atoms with E-state index in [0.717, 1.165) is 11.1 Å². The highest BCUT2D eigenvalue weighted by Gasteiger charge is 2.32. The van der Waals surface area contributed by atoms with Gasteiger partial charge in [0.05, 0.1) is 33.4 Å². The number of amides is 1. The monoisotopic (exact) mass is 614 g/mol. The number of nitrogens with zero attached hydrogens (tertiary/aromatic N) is 3. The van der Waals surface area contributed by atoms with Gasteiger partial charge in [-0.25, -0.2) is 4.99 Å². The summed E-state index contributed by atoms with van der Waals surface area (Å²) >= 11 is 4.71. The van der Waals surface area contributed by atoms with Crippen LogP contribution in [0.4, 0.5) is 5.69 Å². The van der Waals surface area contributed by atoms with E-state index >= 15 is 0 Å². The molecule has 200 valence electrons. The Morgan fingerprint density at radius 3 is 2.70 bits per heavy atom. The van der Waals surface area contributed by atoms with Crippen LogP contribution in [0.25, 0.3) is 6.08 Å². The van der Waals surface area contributed by atoms with Crippen molar-refractivity contribution >= 4 is 44.9 Å². The van der Waals surface area contributed by atoms with Gasteiger partial charge in [-0.3, -0.25) is 14.2 Å². The number of anilines is 1. The van der Waals surface area contributed by atoms with E-state index in [1.54, 1.807) is 48.9 Å². The highest BCUT2D eigenvalue weighted by Crippen LogP contribution is 2.32. The van der Waals surface area contributed by atoms with Crippen LogP contribution in [-0.4, -0.2) is 24.2 Å².